The summed E-state index contributed by atoms with van der Waals surface area (Å²) in [5.41, 5.74) is 4.30. The van der Waals surface area contributed by atoms with Crippen LogP contribution in [0.4, 0.5) is 5.69 Å². The maximum Gasteiger partial charge on any atom is 0.305 e. The Morgan fingerprint density at radius 3 is 2.48 bits per heavy atom. The number of rotatable bonds is 9. The van der Waals surface area contributed by atoms with Gasteiger partial charge in [-0.25, -0.2) is 0 Å². The maximum atomic E-state index is 12.0. The number of aryl methyl sites for hydroxylation is 3. The molecular weight excluding hydrogens is 384 g/mol. The summed E-state index contributed by atoms with van der Waals surface area (Å²) >= 11 is 5.18. The number of ether oxygens (including phenoxy) is 1. The Labute approximate surface area is 177 Å². The van der Waals surface area contributed by atoms with Crippen LogP contribution in [0.3, 0.4) is 0 Å². The molecule has 5 nitrogen and oxygen atoms in total. The fourth-order valence-electron chi connectivity index (χ4n) is 2.87. The Kier molecular flexibility index (Phi) is 9.31. The topological polar surface area (TPSA) is 67.4 Å². The van der Waals surface area contributed by atoms with Crippen LogP contribution in [0.25, 0.3) is 0 Å². The first-order chi connectivity index (χ1) is 13.9. The summed E-state index contributed by atoms with van der Waals surface area (Å²) in [4.78, 5) is 23.8. The van der Waals surface area contributed by atoms with E-state index in [9.17, 15) is 9.59 Å². The summed E-state index contributed by atoms with van der Waals surface area (Å²) in [6, 6.07) is 16.0. The van der Waals surface area contributed by atoms with Crippen molar-refractivity contribution in [2.24, 2.45) is 0 Å². The van der Waals surface area contributed by atoms with Gasteiger partial charge in [-0.05, 0) is 62.5 Å². The molecule has 0 aliphatic carbocycles. The molecule has 2 N–H and O–H groups in total. The van der Waals surface area contributed by atoms with E-state index in [2.05, 4.69) is 22.8 Å². The third-order valence-corrected chi connectivity index (χ3v) is 4.59. The van der Waals surface area contributed by atoms with Gasteiger partial charge in [-0.1, -0.05) is 48.0 Å². The Balaban J connectivity index is 1.57. The molecule has 6 heteroatoms. The van der Waals surface area contributed by atoms with Gasteiger partial charge in [-0.3, -0.25) is 9.59 Å². The molecule has 1 amide bonds. The van der Waals surface area contributed by atoms with Gasteiger partial charge < -0.3 is 15.4 Å². The fourth-order valence-corrected chi connectivity index (χ4v) is 3.09. The van der Waals surface area contributed by atoms with Crippen molar-refractivity contribution < 1.29 is 14.3 Å². The number of nitrogens with one attached hydrogen (secondary N) is 2. The lowest BCUT2D eigenvalue weighted by molar-refractivity contribution is -0.143. The molecule has 2 rings (SSSR count). The van der Waals surface area contributed by atoms with Crippen molar-refractivity contribution in [3.8, 4) is 0 Å². The highest BCUT2D eigenvalue weighted by Crippen LogP contribution is 2.15. The number of esters is 1. The first-order valence-corrected chi connectivity index (χ1v) is 10.2. The lowest BCUT2D eigenvalue weighted by Crippen LogP contribution is -2.34. The molecule has 0 aromatic heterocycles. The largest absolute Gasteiger partial charge is 0.466 e. The first-order valence-electron chi connectivity index (χ1n) is 9.81. The zero-order chi connectivity index (χ0) is 21.1. The van der Waals surface area contributed by atoms with Gasteiger partial charge in [-0.15, -0.1) is 0 Å². The van der Waals surface area contributed by atoms with E-state index in [1.165, 1.54) is 5.56 Å². The Bertz CT molecular complexity index is 837. The second kappa shape index (κ2) is 12.0. The molecule has 0 spiro atoms. The molecule has 0 saturated carbocycles. The summed E-state index contributed by atoms with van der Waals surface area (Å²) in [5.74, 6) is -0.494. The van der Waals surface area contributed by atoms with Crippen LogP contribution in [0.2, 0.25) is 0 Å². The van der Waals surface area contributed by atoms with Crippen LogP contribution >= 0.6 is 12.2 Å². The molecule has 0 radical (unpaired) electrons. The number of benzene rings is 2. The standard InChI is InChI=1S/C23H28N2O3S/c1-17-13-14-20(18(2)16-17)24-23(29)25-21(26)11-6-12-22(27)28-15-7-10-19-8-4-3-5-9-19/h3-5,8-9,13-14,16H,6-7,10-12,15H2,1-2H3,(H2,24,25,26,29). The third kappa shape index (κ3) is 8.87. The smallest absolute Gasteiger partial charge is 0.305 e. The highest BCUT2D eigenvalue weighted by molar-refractivity contribution is 7.80. The molecule has 154 valence electrons. The van der Waals surface area contributed by atoms with Crippen molar-refractivity contribution in [2.45, 2.75) is 46.0 Å². The predicted octanol–water partition coefficient (Wildman–Crippen LogP) is 4.46. The van der Waals surface area contributed by atoms with Crippen LogP contribution in [0.1, 0.15) is 42.4 Å². The van der Waals surface area contributed by atoms with Crippen LogP contribution in [0.15, 0.2) is 48.5 Å². The molecule has 0 atom stereocenters. The van der Waals surface area contributed by atoms with Gasteiger partial charge in [-0.2, -0.15) is 0 Å². The minimum absolute atomic E-state index is 0.216. The van der Waals surface area contributed by atoms with Crippen molar-refractivity contribution in [2.75, 3.05) is 11.9 Å². The SMILES string of the molecule is Cc1ccc(NC(=S)NC(=O)CCCC(=O)OCCCc2ccccc2)c(C)c1. The number of amides is 1. The van der Waals surface area contributed by atoms with Gasteiger partial charge in [0.2, 0.25) is 5.91 Å². The number of hydrogen-bond acceptors (Lipinski definition) is 4. The fraction of sp³-hybridized carbons (Fsp3) is 0.348. The molecule has 2 aromatic carbocycles. The van der Waals surface area contributed by atoms with E-state index in [4.69, 9.17) is 17.0 Å². The van der Waals surface area contributed by atoms with Crippen molar-refractivity contribution in [1.29, 1.82) is 0 Å². The predicted molar refractivity (Wildman–Crippen MR) is 120 cm³/mol. The van der Waals surface area contributed by atoms with E-state index in [0.717, 1.165) is 29.7 Å². The van der Waals surface area contributed by atoms with Gasteiger partial charge in [0.25, 0.3) is 0 Å². The summed E-state index contributed by atoms with van der Waals surface area (Å²) in [5, 5.41) is 5.92. The number of carbonyl (C=O) groups excluding carboxylic acids is 2. The summed E-state index contributed by atoms with van der Waals surface area (Å²) in [6.07, 6.45) is 2.52. The number of thiocarbonyl (C=S) groups is 1. The number of carbonyl (C=O) groups is 2. The minimum Gasteiger partial charge on any atom is -0.466 e. The molecule has 0 saturated heterocycles. The summed E-state index contributed by atoms with van der Waals surface area (Å²) in [6.45, 7) is 4.39. The van der Waals surface area contributed by atoms with Crippen molar-refractivity contribution in [3.05, 3.63) is 65.2 Å². The van der Waals surface area contributed by atoms with Crippen LogP contribution in [0, 0.1) is 13.8 Å². The lowest BCUT2D eigenvalue weighted by atomic mass is 10.1. The van der Waals surface area contributed by atoms with Crippen molar-refractivity contribution >= 4 is 34.9 Å². The highest BCUT2D eigenvalue weighted by atomic mass is 32.1. The van der Waals surface area contributed by atoms with Crippen LogP contribution in [-0.4, -0.2) is 23.6 Å². The highest BCUT2D eigenvalue weighted by Gasteiger charge is 2.09. The van der Waals surface area contributed by atoms with Crippen molar-refractivity contribution in [3.63, 3.8) is 0 Å². The average molecular weight is 413 g/mol. The second-order valence-electron chi connectivity index (χ2n) is 6.98. The van der Waals surface area contributed by atoms with E-state index in [0.29, 0.717) is 13.0 Å². The minimum atomic E-state index is -0.276. The normalized spacial score (nSPS) is 10.3. The molecule has 0 fully saturated rings. The van der Waals surface area contributed by atoms with Gasteiger partial charge in [0.1, 0.15) is 0 Å². The molecule has 0 unspecified atom stereocenters. The molecular formula is C23H28N2O3S. The number of hydrogen-bond donors (Lipinski definition) is 2. The molecule has 0 aliphatic rings. The van der Waals surface area contributed by atoms with Crippen LogP contribution in [0.5, 0.6) is 0 Å². The Hall–Kier alpha value is -2.73. The second-order valence-corrected chi connectivity index (χ2v) is 7.39. The van der Waals surface area contributed by atoms with E-state index in [1.54, 1.807) is 0 Å². The van der Waals surface area contributed by atoms with E-state index in [-0.39, 0.29) is 29.8 Å². The first kappa shape index (κ1) is 22.6. The van der Waals surface area contributed by atoms with Crippen LogP contribution in [-0.2, 0) is 20.7 Å². The zero-order valence-electron chi connectivity index (χ0n) is 17.0. The Morgan fingerprint density at radius 2 is 1.76 bits per heavy atom. The van der Waals surface area contributed by atoms with E-state index in [1.807, 2.05) is 50.2 Å². The molecule has 2 aromatic rings. The third-order valence-electron chi connectivity index (χ3n) is 4.38. The lowest BCUT2D eigenvalue weighted by Gasteiger charge is -2.12. The average Bonchev–Trinajstić information content (AvgIpc) is 2.68. The van der Waals surface area contributed by atoms with E-state index < -0.39 is 0 Å². The molecule has 0 bridgehead atoms. The van der Waals surface area contributed by atoms with Gasteiger partial charge in [0, 0.05) is 18.5 Å². The number of anilines is 1. The van der Waals surface area contributed by atoms with Crippen LogP contribution < -0.4 is 10.6 Å². The maximum absolute atomic E-state index is 12.0. The van der Waals surface area contributed by atoms with Gasteiger partial charge >= 0.3 is 5.97 Å². The molecule has 29 heavy (non-hydrogen) atoms. The van der Waals surface area contributed by atoms with E-state index >= 15 is 0 Å². The summed E-state index contributed by atoms with van der Waals surface area (Å²) < 4.78 is 5.22. The quantitative estimate of drug-likeness (QED) is 0.362. The Morgan fingerprint density at radius 1 is 1.00 bits per heavy atom. The monoisotopic (exact) mass is 412 g/mol. The molecule has 0 heterocycles. The van der Waals surface area contributed by atoms with Gasteiger partial charge in [0.15, 0.2) is 5.11 Å². The zero-order valence-corrected chi connectivity index (χ0v) is 17.8. The summed E-state index contributed by atoms with van der Waals surface area (Å²) in [7, 11) is 0. The van der Waals surface area contributed by atoms with Crippen molar-refractivity contribution in [1.82, 2.24) is 5.32 Å². The van der Waals surface area contributed by atoms with Gasteiger partial charge in [0.05, 0.1) is 6.61 Å². The molecule has 0 aliphatic heterocycles.